The molecule has 3 aromatic carbocycles. The third-order valence-electron chi connectivity index (χ3n) is 3.66. The van der Waals surface area contributed by atoms with Crippen molar-refractivity contribution in [2.45, 2.75) is 6.54 Å². The van der Waals surface area contributed by atoms with Crippen LogP contribution in [0, 0.1) is 5.82 Å². The first-order valence-electron chi connectivity index (χ1n) is 8.34. The largest absolute Gasteiger partial charge is 0.508 e. The monoisotopic (exact) mass is 353 g/mol. The van der Waals surface area contributed by atoms with Crippen LogP contribution in [0.4, 0.5) is 4.39 Å². The Morgan fingerprint density at radius 1 is 0.885 bits per heavy atom. The van der Waals surface area contributed by atoms with Crippen molar-refractivity contribution < 1.29 is 19.0 Å². The second-order valence-electron chi connectivity index (χ2n) is 5.70. The number of phenolic OH excluding ortho intramolecular Hbond substituents is 1. The van der Waals surface area contributed by atoms with E-state index >= 15 is 0 Å². The van der Waals surface area contributed by atoms with Gasteiger partial charge in [0.1, 0.15) is 23.9 Å². The lowest BCUT2D eigenvalue weighted by atomic mass is 10.2. The van der Waals surface area contributed by atoms with Gasteiger partial charge in [-0.25, -0.2) is 4.39 Å². The highest BCUT2D eigenvalue weighted by Gasteiger charge is 2.07. The number of halogens is 1. The molecule has 3 rings (SSSR count). The zero-order valence-corrected chi connectivity index (χ0v) is 14.2. The van der Waals surface area contributed by atoms with Gasteiger partial charge in [-0.1, -0.05) is 30.3 Å². The molecule has 0 unspecified atom stereocenters. The van der Waals surface area contributed by atoms with E-state index in [1.54, 1.807) is 24.3 Å². The molecule has 0 saturated heterocycles. The molecule has 2 N–H and O–H groups in total. The summed E-state index contributed by atoms with van der Waals surface area (Å²) in [4.78, 5) is 0. The third kappa shape index (κ3) is 5.22. The van der Waals surface area contributed by atoms with Gasteiger partial charge in [0.15, 0.2) is 11.6 Å². The van der Waals surface area contributed by atoms with Gasteiger partial charge in [-0.15, -0.1) is 0 Å². The second kappa shape index (κ2) is 8.87. The summed E-state index contributed by atoms with van der Waals surface area (Å²) >= 11 is 0. The van der Waals surface area contributed by atoms with Gasteiger partial charge in [0.25, 0.3) is 0 Å². The fourth-order valence-electron chi connectivity index (χ4n) is 2.40. The summed E-state index contributed by atoms with van der Waals surface area (Å²) in [6.45, 7) is 1.71. The second-order valence-corrected chi connectivity index (χ2v) is 5.70. The van der Waals surface area contributed by atoms with Gasteiger partial charge in [-0.05, 0) is 42.0 Å². The first kappa shape index (κ1) is 17.8. The van der Waals surface area contributed by atoms with Gasteiger partial charge in [0.2, 0.25) is 0 Å². The van der Waals surface area contributed by atoms with E-state index in [9.17, 15) is 9.50 Å². The van der Waals surface area contributed by atoms with Crippen LogP contribution < -0.4 is 14.8 Å². The summed E-state index contributed by atoms with van der Waals surface area (Å²) in [5.41, 5.74) is 0.811. The molecule has 3 aromatic rings. The van der Waals surface area contributed by atoms with Gasteiger partial charge in [0.05, 0.1) is 0 Å². The highest BCUT2D eigenvalue weighted by Crippen LogP contribution is 2.27. The molecule has 0 fully saturated rings. The molecule has 0 aliphatic carbocycles. The van der Waals surface area contributed by atoms with Crippen LogP contribution in [-0.2, 0) is 6.54 Å². The molecule has 0 aromatic heterocycles. The first-order chi connectivity index (χ1) is 12.7. The number of ether oxygens (including phenoxy) is 2. The van der Waals surface area contributed by atoms with Crippen LogP contribution in [0.15, 0.2) is 72.8 Å². The van der Waals surface area contributed by atoms with E-state index in [-0.39, 0.29) is 11.5 Å². The smallest absolute Gasteiger partial charge is 0.166 e. The predicted molar refractivity (Wildman–Crippen MR) is 98.2 cm³/mol. The molecule has 0 radical (unpaired) electrons. The maximum Gasteiger partial charge on any atom is 0.166 e. The van der Waals surface area contributed by atoms with Crippen LogP contribution in [0.1, 0.15) is 5.56 Å². The van der Waals surface area contributed by atoms with Gasteiger partial charge in [-0.3, -0.25) is 0 Å². The van der Waals surface area contributed by atoms with Crippen molar-refractivity contribution in [1.82, 2.24) is 5.32 Å². The van der Waals surface area contributed by atoms with Gasteiger partial charge in [0, 0.05) is 19.2 Å². The number of hydrogen-bond acceptors (Lipinski definition) is 4. The molecular weight excluding hydrogens is 333 g/mol. The quantitative estimate of drug-likeness (QED) is 0.586. The van der Waals surface area contributed by atoms with Crippen molar-refractivity contribution in [2.75, 3.05) is 13.2 Å². The summed E-state index contributed by atoms with van der Waals surface area (Å²) in [6.07, 6.45) is 0. The Hall–Kier alpha value is -3.05. The normalized spacial score (nSPS) is 10.5. The lowest BCUT2D eigenvalue weighted by Gasteiger charge is -2.10. The average molecular weight is 353 g/mol. The van der Waals surface area contributed by atoms with Crippen molar-refractivity contribution >= 4 is 0 Å². The maximum atomic E-state index is 14.2. The van der Waals surface area contributed by atoms with Crippen LogP contribution in [0.5, 0.6) is 23.0 Å². The Bertz CT molecular complexity index is 840. The topological polar surface area (TPSA) is 50.7 Å². The average Bonchev–Trinajstić information content (AvgIpc) is 2.64. The molecule has 0 heterocycles. The Labute approximate surface area is 151 Å². The molecule has 0 amide bonds. The standard InChI is InChI=1S/C21H20FNO3/c22-20-13-16(15-23-11-12-25-18-6-2-1-3-7-18)9-10-21(20)26-19-8-4-5-17(24)14-19/h1-10,13-14,23-24H,11-12,15H2. The molecule has 0 atom stereocenters. The Morgan fingerprint density at radius 2 is 1.69 bits per heavy atom. The maximum absolute atomic E-state index is 14.2. The van der Waals surface area contributed by atoms with Crippen molar-refractivity contribution in [3.63, 3.8) is 0 Å². The molecule has 0 aliphatic heterocycles. The minimum absolute atomic E-state index is 0.0708. The minimum Gasteiger partial charge on any atom is -0.508 e. The summed E-state index contributed by atoms with van der Waals surface area (Å²) in [5, 5.41) is 12.6. The zero-order chi connectivity index (χ0) is 18.2. The molecule has 0 aliphatic rings. The number of rotatable bonds is 8. The molecule has 0 saturated carbocycles. The minimum atomic E-state index is -0.451. The lowest BCUT2D eigenvalue weighted by molar-refractivity contribution is 0.313. The Kier molecular flexibility index (Phi) is 6.06. The number of aromatic hydroxyl groups is 1. The van der Waals surface area contributed by atoms with Gasteiger partial charge < -0.3 is 19.9 Å². The van der Waals surface area contributed by atoms with Crippen LogP contribution in [-0.4, -0.2) is 18.3 Å². The molecule has 134 valence electrons. The van der Waals surface area contributed by atoms with E-state index < -0.39 is 5.82 Å². The number of para-hydroxylation sites is 1. The number of benzene rings is 3. The Balaban J connectivity index is 1.46. The van der Waals surface area contributed by atoms with E-state index in [0.29, 0.717) is 25.4 Å². The van der Waals surface area contributed by atoms with Crippen molar-refractivity contribution in [3.8, 4) is 23.0 Å². The molecule has 26 heavy (non-hydrogen) atoms. The number of phenols is 1. The van der Waals surface area contributed by atoms with Crippen molar-refractivity contribution in [3.05, 3.63) is 84.2 Å². The summed E-state index contributed by atoms with van der Waals surface area (Å²) in [6, 6.07) is 20.7. The van der Waals surface area contributed by atoms with E-state index in [2.05, 4.69) is 5.32 Å². The Morgan fingerprint density at radius 3 is 2.46 bits per heavy atom. The molecule has 0 bridgehead atoms. The number of nitrogens with one attached hydrogen (secondary N) is 1. The van der Waals surface area contributed by atoms with Crippen LogP contribution >= 0.6 is 0 Å². The number of hydrogen-bond donors (Lipinski definition) is 2. The van der Waals surface area contributed by atoms with Crippen molar-refractivity contribution in [1.29, 1.82) is 0 Å². The van der Waals surface area contributed by atoms with Crippen LogP contribution in [0.2, 0.25) is 0 Å². The van der Waals surface area contributed by atoms with Crippen molar-refractivity contribution in [2.24, 2.45) is 0 Å². The third-order valence-corrected chi connectivity index (χ3v) is 3.66. The van der Waals surface area contributed by atoms with Crippen LogP contribution in [0.3, 0.4) is 0 Å². The predicted octanol–water partition coefficient (Wildman–Crippen LogP) is 4.49. The highest BCUT2D eigenvalue weighted by molar-refractivity contribution is 5.37. The van der Waals surface area contributed by atoms with Gasteiger partial charge >= 0.3 is 0 Å². The summed E-state index contributed by atoms with van der Waals surface area (Å²) < 4.78 is 25.2. The van der Waals surface area contributed by atoms with E-state index in [0.717, 1.165) is 11.3 Å². The summed E-state index contributed by atoms with van der Waals surface area (Å²) in [5.74, 6) is 0.947. The first-order valence-corrected chi connectivity index (χ1v) is 8.34. The van der Waals surface area contributed by atoms with Gasteiger partial charge in [-0.2, -0.15) is 0 Å². The zero-order valence-electron chi connectivity index (χ0n) is 14.2. The van der Waals surface area contributed by atoms with Crippen LogP contribution in [0.25, 0.3) is 0 Å². The summed E-state index contributed by atoms with van der Waals surface area (Å²) in [7, 11) is 0. The molecule has 4 nitrogen and oxygen atoms in total. The molecular formula is C21H20FNO3. The van der Waals surface area contributed by atoms with E-state index in [4.69, 9.17) is 9.47 Å². The van der Waals surface area contributed by atoms with E-state index in [1.807, 2.05) is 30.3 Å². The molecule has 5 heteroatoms. The van der Waals surface area contributed by atoms with E-state index in [1.165, 1.54) is 18.2 Å². The molecule has 0 spiro atoms. The fraction of sp³-hybridized carbons (Fsp3) is 0.143. The lowest BCUT2D eigenvalue weighted by Crippen LogP contribution is -2.20. The SMILES string of the molecule is Oc1cccc(Oc2ccc(CNCCOc3ccccc3)cc2F)c1. The highest BCUT2D eigenvalue weighted by atomic mass is 19.1. The fourth-order valence-corrected chi connectivity index (χ4v) is 2.40.